The fourth-order valence-corrected chi connectivity index (χ4v) is 5.89. The average molecular weight is 534 g/mol. The average Bonchev–Trinajstić information content (AvgIpc) is 3.41. The normalized spacial score (nSPS) is 17.2. The zero-order chi connectivity index (χ0) is 26.4. The van der Waals surface area contributed by atoms with Crippen molar-refractivity contribution in [3.8, 4) is 5.75 Å². The second-order valence-electron chi connectivity index (χ2n) is 9.13. The Labute approximate surface area is 223 Å². The van der Waals surface area contributed by atoms with Crippen LogP contribution in [-0.2, 0) is 9.59 Å². The number of nitrogens with zero attached hydrogens (tertiary/aromatic N) is 3. The highest BCUT2D eigenvalue weighted by Crippen LogP contribution is 2.45. The number of hydrogen-bond donors (Lipinski definition) is 1. The van der Waals surface area contributed by atoms with E-state index in [1.54, 1.807) is 36.5 Å². The number of methoxy groups -OCH3 is 1. The highest BCUT2D eigenvalue weighted by molar-refractivity contribution is 7.22. The number of amides is 1. The molecule has 2 aromatic carbocycles. The van der Waals surface area contributed by atoms with Gasteiger partial charge in [0, 0.05) is 6.20 Å². The highest BCUT2D eigenvalue weighted by atomic mass is 35.5. The van der Waals surface area contributed by atoms with Crippen LogP contribution in [-0.4, -0.2) is 33.9 Å². The summed E-state index contributed by atoms with van der Waals surface area (Å²) < 4.78 is 6.33. The molecule has 9 heteroatoms. The minimum atomic E-state index is -0.990. The van der Waals surface area contributed by atoms with E-state index in [4.69, 9.17) is 16.3 Å². The van der Waals surface area contributed by atoms with Crippen LogP contribution in [0.2, 0.25) is 5.02 Å². The molecule has 2 aromatic heterocycles. The number of aliphatic hydroxyl groups is 1. The second kappa shape index (κ2) is 9.61. The second-order valence-corrected chi connectivity index (χ2v) is 10.5. The predicted octanol–water partition coefficient (Wildman–Crippen LogP) is 6.41. The summed E-state index contributed by atoms with van der Waals surface area (Å²) in [6.07, 6.45) is 1.58. The number of pyridine rings is 1. The number of halogens is 1. The number of thiazole rings is 1. The molecule has 0 aliphatic carbocycles. The lowest BCUT2D eigenvalue weighted by Crippen LogP contribution is -2.29. The van der Waals surface area contributed by atoms with Crippen molar-refractivity contribution in [2.75, 3.05) is 12.0 Å². The van der Waals surface area contributed by atoms with Gasteiger partial charge >= 0.3 is 5.91 Å². The van der Waals surface area contributed by atoms with Crippen LogP contribution in [0.5, 0.6) is 5.75 Å². The molecule has 5 rings (SSSR count). The van der Waals surface area contributed by atoms with Crippen LogP contribution in [0.4, 0.5) is 5.13 Å². The Morgan fingerprint density at radius 2 is 1.95 bits per heavy atom. The first kappa shape index (κ1) is 24.9. The number of ketones is 1. The molecule has 1 fully saturated rings. The number of carbonyl (C=O) groups is 2. The van der Waals surface area contributed by atoms with Crippen molar-refractivity contribution >= 4 is 55.7 Å². The van der Waals surface area contributed by atoms with Crippen LogP contribution in [0.25, 0.3) is 16.0 Å². The molecule has 1 atom stereocenters. The molecule has 0 saturated carbocycles. The summed E-state index contributed by atoms with van der Waals surface area (Å²) in [6, 6.07) is 13.5. The van der Waals surface area contributed by atoms with Crippen LogP contribution in [0.3, 0.4) is 0 Å². The van der Waals surface area contributed by atoms with E-state index in [-0.39, 0.29) is 27.7 Å². The lowest BCUT2D eigenvalue weighted by Gasteiger charge is -2.22. The molecular formula is C28H24ClN3O4S. The fraction of sp³-hybridized carbons (Fsp3) is 0.214. The molecule has 0 bridgehead atoms. The maximum atomic E-state index is 13.5. The Bertz CT molecular complexity index is 1580. The molecule has 7 nitrogen and oxygen atoms in total. The third-order valence-corrected chi connectivity index (χ3v) is 7.63. The molecule has 4 aromatic rings. The van der Waals surface area contributed by atoms with Crippen molar-refractivity contribution in [2.24, 2.45) is 0 Å². The number of fused-ring (bicyclic) bond motifs is 1. The van der Waals surface area contributed by atoms with Crippen LogP contribution in [0, 0.1) is 6.92 Å². The number of aliphatic hydroxyl groups excluding tert-OH is 1. The number of anilines is 1. The van der Waals surface area contributed by atoms with E-state index in [1.165, 1.54) is 23.3 Å². The third kappa shape index (κ3) is 4.26. The van der Waals surface area contributed by atoms with Crippen LogP contribution >= 0.6 is 22.9 Å². The lowest BCUT2D eigenvalue weighted by atomic mass is 9.97. The zero-order valence-electron chi connectivity index (χ0n) is 20.7. The quantitative estimate of drug-likeness (QED) is 0.181. The van der Waals surface area contributed by atoms with E-state index in [2.05, 4.69) is 23.8 Å². The van der Waals surface area contributed by atoms with Gasteiger partial charge in [-0.1, -0.05) is 48.9 Å². The minimum Gasteiger partial charge on any atom is -0.507 e. The van der Waals surface area contributed by atoms with Crippen molar-refractivity contribution in [3.05, 3.63) is 87.7 Å². The molecule has 37 heavy (non-hydrogen) atoms. The monoisotopic (exact) mass is 533 g/mol. The van der Waals surface area contributed by atoms with Gasteiger partial charge in [-0.15, -0.1) is 0 Å². The molecule has 1 unspecified atom stereocenters. The Hall–Kier alpha value is -3.75. The van der Waals surface area contributed by atoms with E-state index in [1.807, 2.05) is 25.1 Å². The number of Topliss-reactive ketones (excluding diaryl/α,β-unsaturated/α-hetero) is 1. The lowest BCUT2D eigenvalue weighted by molar-refractivity contribution is -0.132. The summed E-state index contributed by atoms with van der Waals surface area (Å²) in [5.74, 6) is -1.49. The van der Waals surface area contributed by atoms with Crippen molar-refractivity contribution < 1.29 is 19.4 Å². The summed E-state index contributed by atoms with van der Waals surface area (Å²) in [6.45, 7) is 6.02. The molecule has 1 saturated heterocycles. The van der Waals surface area contributed by atoms with E-state index in [0.29, 0.717) is 16.7 Å². The van der Waals surface area contributed by atoms with E-state index < -0.39 is 17.7 Å². The van der Waals surface area contributed by atoms with E-state index in [0.717, 1.165) is 21.3 Å². The first-order chi connectivity index (χ1) is 17.7. The number of aryl methyl sites for hydroxylation is 1. The summed E-state index contributed by atoms with van der Waals surface area (Å²) >= 11 is 7.68. The van der Waals surface area contributed by atoms with Crippen LogP contribution in [0.15, 0.2) is 60.3 Å². The molecular weight excluding hydrogens is 510 g/mol. The van der Waals surface area contributed by atoms with E-state index in [9.17, 15) is 14.7 Å². The molecule has 1 amide bonds. The minimum absolute atomic E-state index is 0.106. The Kier molecular flexibility index (Phi) is 6.47. The SMILES string of the molecule is COc1c(Cl)cc(C)cc1/C(O)=C1\C(=O)C(=O)N(c2nc3ccc(C(C)C)cc3s2)C1c1ccccn1. The van der Waals surface area contributed by atoms with Crippen molar-refractivity contribution in [2.45, 2.75) is 32.7 Å². The van der Waals surface area contributed by atoms with Gasteiger partial charge in [0.1, 0.15) is 17.6 Å². The number of rotatable bonds is 5. The van der Waals surface area contributed by atoms with Gasteiger partial charge in [0.25, 0.3) is 5.78 Å². The van der Waals surface area contributed by atoms with Gasteiger partial charge in [-0.05, 0) is 60.4 Å². The first-order valence-corrected chi connectivity index (χ1v) is 12.9. The topological polar surface area (TPSA) is 92.6 Å². The van der Waals surface area contributed by atoms with Crippen molar-refractivity contribution in [1.82, 2.24) is 9.97 Å². The van der Waals surface area contributed by atoms with Gasteiger partial charge < -0.3 is 9.84 Å². The number of aromatic nitrogens is 2. The van der Waals surface area contributed by atoms with Gasteiger partial charge in [-0.25, -0.2) is 4.98 Å². The van der Waals surface area contributed by atoms with Gasteiger partial charge in [0.15, 0.2) is 5.13 Å². The molecule has 1 N–H and O–H groups in total. The smallest absolute Gasteiger partial charge is 0.301 e. The summed E-state index contributed by atoms with van der Waals surface area (Å²) in [5.41, 5.74) is 3.15. The van der Waals surface area contributed by atoms with Gasteiger partial charge in [-0.3, -0.25) is 19.5 Å². The number of benzene rings is 2. The molecule has 1 aliphatic heterocycles. The Morgan fingerprint density at radius 3 is 2.62 bits per heavy atom. The molecule has 0 radical (unpaired) electrons. The first-order valence-electron chi connectivity index (χ1n) is 11.7. The molecule has 1 aliphatic rings. The Morgan fingerprint density at radius 1 is 1.16 bits per heavy atom. The summed E-state index contributed by atoms with van der Waals surface area (Å²) in [7, 11) is 1.43. The van der Waals surface area contributed by atoms with Gasteiger partial charge in [0.2, 0.25) is 0 Å². The Balaban J connectivity index is 1.74. The fourth-order valence-electron chi connectivity index (χ4n) is 4.50. The largest absolute Gasteiger partial charge is 0.507 e. The van der Waals surface area contributed by atoms with Gasteiger partial charge in [-0.2, -0.15) is 0 Å². The molecule has 0 spiro atoms. The maximum absolute atomic E-state index is 13.5. The van der Waals surface area contributed by atoms with Crippen LogP contribution < -0.4 is 9.64 Å². The van der Waals surface area contributed by atoms with E-state index >= 15 is 0 Å². The van der Waals surface area contributed by atoms with Crippen molar-refractivity contribution in [3.63, 3.8) is 0 Å². The molecule has 188 valence electrons. The number of carbonyl (C=O) groups excluding carboxylic acids is 2. The number of ether oxygens (including phenoxy) is 1. The predicted molar refractivity (Wildman–Crippen MR) is 145 cm³/mol. The zero-order valence-corrected chi connectivity index (χ0v) is 22.2. The number of hydrogen-bond acceptors (Lipinski definition) is 7. The summed E-state index contributed by atoms with van der Waals surface area (Å²) in [5, 5.41) is 12.1. The molecule has 3 heterocycles. The maximum Gasteiger partial charge on any atom is 0.301 e. The van der Waals surface area contributed by atoms with Crippen molar-refractivity contribution in [1.29, 1.82) is 0 Å². The highest BCUT2D eigenvalue weighted by Gasteiger charge is 2.49. The van der Waals surface area contributed by atoms with Gasteiger partial charge in [0.05, 0.1) is 39.2 Å². The summed E-state index contributed by atoms with van der Waals surface area (Å²) in [4.78, 5) is 37.4. The standard InChI is InChI=1S/C28H24ClN3O4S/c1-14(2)16-8-9-19-21(13-16)37-28(31-19)32-23(20-7-5-6-10-30-20)22(25(34)27(32)35)24(33)17-11-15(3)12-18(29)26(17)36-4/h5-14,23,33H,1-4H3/b24-22+. The third-order valence-electron chi connectivity index (χ3n) is 6.33. The van der Waals surface area contributed by atoms with Crippen LogP contribution in [0.1, 0.15) is 48.2 Å².